The molecule has 25 heavy (non-hydrogen) atoms. The molecule has 1 atom stereocenters. The van der Waals surface area contributed by atoms with Crippen molar-refractivity contribution in [3.8, 4) is 0 Å². The minimum absolute atomic E-state index is 0.193. The maximum atomic E-state index is 12.3. The van der Waals surface area contributed by atoms with Crippen LogP contribution < -0.4 is 0 Å². The average Bonchev–Trinajstić information content (AvgIpc) is 2.59. The van der Waals surface area contributed by atoms with Crippen LogP contribution in [0.1, 0.15) is 22.0 Å². The van der Waals surface area contributed by atoms with Gasteiger partial charge < -0.3 is 5.11 Å². The molecule has 2 rings (SSSR count). The summed E-state index contributed by atoms with van der Waals surface area (Å²) < 4.78 is 0. The van der Waals surface area contributed by atoms with Gasteiger partial charge in [-0.15, -0.1) is 0 Å². The van der Waals surface area contributed by atoms with Gasteiger partial charge in [-0.2, -0.15) is 0 Å². The SMILES string of the molecule is C=C(C(=O)c1ccc(Cl)cc1)C(O)c1ccc([N+](=O)[O-])cc1[N+](=O)[O-]. The second-order valence-corrected chi connectivity index (χ2v) is 5.46. The van der Waals surface area contributed by atoms with E-state index < -0.39 is 33.1 Å². The summed E-state index contributed by atoms with van der Waals surface area (Å²) in [6.45, 7) is 3.50. The maximum absolute atomic E-state index is 12.3. The van der Waals surface area contributed by atoms with E-state index in [0.29, 0.717) is 5.02 Å². The van der Waals surface area contributed by atoms with Crippen molar-refractivity contribution in [3.63, 3.8) is 0 Å². The number of rotatable bonds is 6. The van der Waals surface area contributed by atoms with Gasteiger partial charge in [0.25, 0.3) is 11.4 Å². The number of ketones is 1. The number of non-ortho nitro benzene ring substituents is 1. The van der Waals surface area contributed by atoms with Gasteiger partial charge in [-0.3, -0.25) is 25.0 Å². The predicted molar refractivity (Wildman–Crippen MR) is 89.6 cm³/mol. The minimum atomic E-state index is -1.69. The number of nitro groups is 2. The summed E-state index contributed by atoms with van der Waals surface area (Å²) >= 11 is 5.74. The lowest BCUT2D eigenvalue weighted by Gasteiger charge is -2.13. The number of hydrogen-bond acceptors (Lipinski definition) is 6. The van der Waals surface area contributed by atoms with E-state index in [0.717, 1.165) is 18.2 Å². The van der Waals surface area contributed by atoms with E-state index >= 15 is 0 Å². The van der Waals surface area contributed by atoms with E-state index in [1.54, 1.807) is 0 Å². The molecule has 0 aliphatic rings. The number of benzene rings is 2. The molecule has 9 heteroatoms. The van der Waals surface area contributed by atoms with Crippen LogP contribution in [0.2, 0.25) is 5.02 Å². The van der Waals surface area contributed by atoms with Gasteiger partial charge in [-0.1, -0.05) is 18.2 Å². The Kier molecular flexibility index (Phi) is 5.26. The molecule has 0 saturated carbocycles. The van der Waals surface area contributed by atoms with Crippen LogP contribution in [-0.4, -0.2) is 20.7 Å². The van der Waals surface area contributed by atoms with Crippen molar-refractivity contribution in [3.05, 3.63) is 91.0 Å². The van der Waals surface area contributed by atoms with Gasteiger partial charge in [0, 0.05) is 22.2 Å². The van der Waals surface area contributed by atoms with Crippen molar-refractivity contribution in [1.82, 2.24) is 0 Å². The molecule has 2 aromatic carbocycles. The molecule has 0 saturated heterocycles. The van der Waals surface area contributed by atoms with E-state index in [2.05, 4.69) is 6.58 Å². The van der Waals surface area contributed by atoms with Crippen LogP contribution in [0.4, 0.5) is 11.4 Å². The Hall–Kier alpha value is -3.10. The molecular formula is C16H11ClN2O6. The van der Waals surface area contributed by atoms with Gasteiger partial charge in [0.15, 0.2) is 5.78 Å². The van der Waals surface area contributed by atoms with E-state index in [-0.39, 0.29) is 16.7 Å². The van der Waals surface area contributed by atoms with Crippen molar-refractivity contribution in [2.24, 2.45) is 0 Å². The summed E-state index contributed by atoms with van der Waals surface area (Å²) in [4.78, 5) is 32.6. The van der Waals surface area contributed by atoms with E-state index in [9.17, 15) is 30.1 Å². The van der Waals surface area contributed by atoms with Crippen LogP contribution in [0.5, 0.6) is 0 Å². The third-order valence-electron chi connectivity index (χ3n) is 3.44. The van der Waals surface area contributed by atoms with Gasteiger partial charge >= 0.3 is 0 Å². The summed E-state index contributed by atoms with van der Waals surface area (Å²) in [5, 5.41) is 32.6. The number of carbonyl (C=O) groups is 1. The van der Waals surface area contributed by atoms with Crippen molar-refractivity contribution >= 4 is 28.8 Å². The molecule has 0 aliphatic heterocycles. The molecule has 0 amide bonds. The third kappa shape index (κ3) is 3.87. The first-order valence-corrected chi connectivity index (χ1v) is 7.20. The number of nitrogens with zero attached hydrogens (tertiary/aromatic N) is 2. The minimum Gasteiger partial charge on any atom is -0.383 e. The second kappa shape index (κ2) is 7.20. The third-order valence-corrected chi connectivity index (χ3v) is 3.70. The van der Waals surface area contributed by atoms with Crippen LogP contribution in [-0.2, 0) is 0 Å². The quantitative estimate of drug-likeness (QED) is 0.362. The molecule has 0 spiro atoms. The molecule has 0 bridgehead atoms. The van der Waals surface area contributed by atoms with E-state index in [4.69, 9.17) is 11.6 Å². The molecule has 0 heterocycles. The Morgan fingerprint density at radius 3 is 2.20 bits per heavy atom. The largest absolute Gasteiger partial charge is 0.383 e. The smallest absolute Gasteiger partial charge is 0.282 e. The molecule has 1 N–H and O–H groups in total. The topological polar surface area (TPSA) is 124 Å². The first kappa shape index (κ1) is 18.2. The molecule has 0 fully saturated rings. The highest BCUT2D eigenvalue weighted by Gasteiger charge is 2.28. The first-order chi connectivity index (χ1) is 11.7. The summed E-state index contributed by atoms with van der Waals surface area (Å²) in [6, 6.07) is 8.55. The molecule has 128 valence electrons. The number of Topliss-reactive ketones (excluding diaryl/α,β-unsaturated/α-hetero) is 1. The van der Waals surface area contributed by atoms with Gasteiger partial charge in [0.1, 0.15) is 6.10 Å². The van der Waals surface area contributed by atoms with Crippen molar-refractivity contribution in [2.45, 2.75) is 6.10 Å². The Morgan fingerprint density at radius 2 is 1.68 bits per heavy atom. The monoisotopic (exact) mass is 362 g/mol. The fraction of sp³-hybridized carbons (Fsp3) is 0.0625. The zero-order chi connectivity index (χ0) is 18.7. The lowest BCUT2D eigenvalue weighted by Crippen LogP contribution is -2.12. The Balaban J connectivity index is 2.39. The highest BCUT2D eigenvalue weighted by molar-refractivity contribution is 6.30. The summed E-state index contributed by atoms with van der Waals surface area (Å²) in [5.74, 6) is -0.628. The summed E-state index contributed by atoms with van der Waals surface area (Å²) in [7, 11) is 0. The van der Waals surface area contributed by atoms with Crippen LogP contribution in [0, 0.1) is 20.2 Å². The fourth-order valence-electron chi connectivity index (χ4n) is 2.13. The lowest BCUT2D eigenvalue weighted by molar-refractivity contribution is -0.394. The highest BCUT2D eigenvalue weighted by Crippen LogP contribution is 2.33. The van der Waals surface area contributed by atoms with Gasteiger partial charge in [0.2, 0.25) is 0 Å². The predicted octanol–water partition coefficient (Wildman–Crippen LogP) is 3.63. The molecule has 8 nitrogen and oxygen atoms in total. The Labute approximate surface area is 146 Å². The number of hydrogen-bond donors (Lipinski definition) is 1. The molecule has 2 aromatic rings. The van der Waals surface area contributed by atoms with Crippen molar-refractivity contribution in [2.75, 3.05) is 0 Å². The van der Waals surface area contributed by atoms with Gasteiger partial charge in [-0.25, -0.2) is 0 Å². The fourth-order valence-corrected chi connectivity index (χ4v) is 2.26. The second-order valence-electron chi connectivity index (χ2n) is 5.02. The van der Waals surface area contributed by atoms with E-state index in [1.807, 2.05) is 0 Å². The standard InChI is InChI=1S/C16H11ClN2O6/c1-9(15(20)10-2-4-11(17)5-3-10)16(21)13-7-6-12(18(22)23)8-14(13)19(24)25/h2-8,16,21H,1H2. The van der Waals surface area contributed by atoms with Gasteiger partial charge in [0.05, 0.1) is 21.5 Å². The number of aliphatic hydroxyl groups excluding tert-OH is 1. The zero-order valence-electron chi connectivity index (χ0n) is 12.6. The first-order valence-electron chi connectivity index (χ1n) is 6.82. The van der Waals surface area contributed by atoms with Crippen LogP contribution >= 0.6 is 11.6 Å². The molecule has 1 unspecified atom stereocenters. The Morgan fingerprint density at radius 1 is 1.08 bits per heavy atom. The summed E-state index contributed by atoms with van der Waals surface area (Å²) in [5.41, 5.74) is -1.55. The number of carbonyl (C=O) groups excluding carboxylic acids is 1. The number of aliphatic hydroxyl groups is 1. The van der Waals surface area contributed by atoms with Crippen molar-refractivity contribution < 1.29 is 19.7 Å². The molecule has 0 aromatic heterocycles. The van der Waals surface area contributed by atoms with Crippen LogP contribution in [0.3, 0.4) is 0 Å². The van der Waals surface area contributed by atoms with E-state index in [1.165, 1.54) is 24.3 Å². The molecular weight excluding hydrogens is 352 g/mol. The maximum Gasteiger partial charge on any atom is 0.282 e. The Bertz CT molecular complexity index is 879. The van der Waals surface area contributed by atoms with Gasteiger partial charge in [-0.05, 0) is 30.3 Å². The van der Waals surface area contributed by atoms with Crippen molar-refractivity contribution in [1.29, 1.82) is 0 Å². The highest BCUT2D eigenvalue weighted by atomic mass is 35.5. The number of nitro benzene ring substituents is 2. The van der Waals surface area contributed by atoms with Crippen LogP contribution in [0.25, 0.3) is 0 Å². The van der Waals surface area contributed by atoms with Crippen LogP contribution in [0.15, 0.2) is 54.6 Å². The summed E-state index contributed by atoms with van der Waals surface area (Å²) in [6.07, 6.45) is -1.69. The molecule has 0 aliphatic carbocycles. The lowest BCUT2D eigenvalue weighted by atomic mass is 9.94. The average molecular weight is 363 g/mol. The normalized spacial score (nSPS) is 11.6. The number of halogens is 1. The molecule has 0 radical (unpaired) electrons. The zero-order valence-corrected chi connectivity index (χ0v) is 13.3.